The fraction of sp³-hybridized carbons (Fsp3) is 0.385. The third-order valence-corrected chi connectivity index (χ3v) is 3.20. The number of piperidine rings is 1. The lowest BCUT2D eigenvalue weighted by Gasteiger charge is -2.30. The van der Waals surface area contributed by atoms with Crippen LogP contribution in [0.2, 0.25) is 0 Å². The molecule has 1 aromatic carbocycles. The van der Waals surface area contributed by atoms with Gasteiger partial charge in [0.25, 0.3) is 0 Å². The van der Waals surface area contributed by atoms with E-state index in [4.69, 9.17) is 5.73 Å². The minimum Gasteiger partial charge on any atom is -0.351 e. The zero-order chi connectivity index (χ0) is 13.8. The largest absolute Gasteiger partial charge is 0.351 e. The number of nitrogens with one attached hydrogen (secondary N) is 1. The van der Waals surface area contributed by atoms with E-state index in [0.717, 1.165) is 6.42 Å². The number of primary amides is 1. The predicted molar refractivity (Wildman–Crippen MR) is 68.9 cm³/mol. The molecule has 1 saturated heterocycles. The standard InChI is InChI=1S/C13H16FN3O2/c14-10-4-1-5-11(7-10)16-12(18)9-3-2-6-17(8-9)13(15)19/h1,4-5,7,9H,2-3,6,8H2,(H2,15,19)(H,16,18)/t9-/m1/s1. The smallest absolute Gasteiger partial charge is 0.314 e. The van der Waals surface area contributed by atoms with Gasteiger partial charge in [-0.1, -0.05) is 6.07 Å². The average Bonchev–Trinajstić information content (AvgIpc) is 2.39. The molecule has 0 saturated carbocycles. The van der Waals surface area contributed by atoms with Gasteiger partial charge in [-0.2, -0.15) is 0 Å². The van der Waals surface area contributed by atoms with Crippen LogP contribution in [0.1, 0.15) is 12.8 Å². The normalized spacial score (nSPS) is 19.0. The molecule has 19 heavy (non-hydrogen) atoms. The van der Waals surface area contributed by atoms with E-state index < -0.39 is 11.8 Å². The number of nitrogens with zero attached hydrogens (tertiary/aromatic N) is 1. The molecular weight excluding hydrogens is 249 g/mol. The lowest BCUT2D eigenvalue weighted by atomic mass is 9.97. The second-order valence-corrected chi connectivity index (χ2v) is 4.62. The van der Waals surface area contributed by atoms with E-state index in [1.54, 1.807) is 6.07 Å². The number of nitrogens with two attached hydrogens (primary N) is 1. The molecule has 0 radical (unpaired) electrons. The number of hydrogen-bond acceptors (Lipinski definition) is 2. The number of urea groups is 1. The number of carbonyl (C=O) groups excluding carboxylic acids is 2. The van der Waals surface area contributed by atoms with Crippen molar-refractivity contribution in [3.05, 3.63) is 30.1 Å². The van der Waals surface area contributed by atoms with Crippen LogP contribution in [0.4, 0.5) is 14.9 Å². The number of likely N-dealkylation sites (tertiary alicyclic amines) is 1. The molecule has 1 aliphatic heterocycles. The third kappa shape index (κ3) is 3.43. The van der Waals surface area contributed by atoms with Gasteiger partial charge in [0.15, 0.2) is 0 Å². The van der Waals surface area contributed by atoms with Crippen LogP contribution in [0.5, 0.6) is 0 Å². The predicted octanol–water partition coefficient (Wildman–Crippen LogP) is 1.55. The molecule has 1 aromatic rings. The Hall–Kier alpha value is -2.11. The molecule has 0 unspecified atom stereocenters. The van der Waals surface area contributed by atoms with E-state index in [0.29, 0.717) is 25.2 Å². The van der Waals surface area contributed by atoms with Gasteiger partial charge >= 0.3 is 6.03 Å². The second kappa shape index (κ2) is 5.69. The summed E-state index contributed by atoms with van der Waals surface area (Å²) in [5.41, 5.74) is 5.63. The first-order valence-corrected chi connectivity index (χ1v) is 6.17. The van der Waals surface area contributed by atoms with Crippen molar-refractivity contribution < 1.29 is 14.0 Å². The van der Waals surface area contributed by atoms with Crippen molar-refractivity contribution in [2.24, 2.45) is 11.7 Å². The Morgan fingerprint density at radius 1 is 1.42 bits per heavy atom. The topological polar surface area (TPSA) is 75.4 Å². The highest BCUT2D eigenvalue weighted by Gasteiger charge is 2.27. The van der Waals surface area contributed by atoms with Crippen LogP contribution in [0.3, 0.4) is 0 Å². The zero-order valence-electron chi connectivity index (χ0n) is 10.4. The number of hydrogen-bond donors (Lipinski definition) is 2. The molecule has 3 amide bonds. The van der Waals surface area contributed by atoms with E-state index in [9.17, 15) is 14.0 Å². The first-order chi connectivity index (χ1) is 9.06. The summed E-state index contributed by atoms with van der Waals surface area (Å²) in [6.45, 7) is 0.898. The summed E-state index contributed by atoms with van der Waals surface area (Å²) in [5, 5.41) is 2.65. The Labute approximate surface area is 110 Å². The summed E-state index contributed by atoms with van der Waals surface area (Å²) in [7, 11) is 0. The quantitative estimate of drug-likeness (QED) is 0.851. The van der Waals surface area contributed by atoms with Crippen molar-refractivity contribution >= 4 is 17.6 Å². The molecule has 1 fully saturated rings. The van der Waals surface area contributed by atoms with Gasteiger partial charge in [-0.3, -0.25) is 4.79 Å². The number of amides is 3. The van der Waals surface area contributed by atoms with E-state index >= 15 is 0 Å². The van der Waals surface area contributed by atoms with Crippen molar-refractivity contribution in [2.45, 2.75) is 12.8 Å². The van der Waals surface area contributed by atoms with Crippen LogP contribution in [0.15, 0.2) is 24.3 Å². The number of halogens is 1. The Morgan fingerprint density at radius 3 is 2.89 bits per heavy atom. The van der Waals surface area contributed by atoms with Crippen molar-refractivity contribution in [1.82, 2.24) is 4.90 Å². The van der Waals surface area contributed by atoms with E-state index in [1.807, 2.05) is 0 Å². The van der Waals surface area contributed by atoms with Crippen molar-refractivity contribution in [3.63, 3.8) is 0 Å². The van der Waals surface area contributed by atoms with Crippen molar-refractivity contribution in [3.8, 4) is 0 Å². The Kier molecular flexibility index (Phi) is 3.99. The molecular formula is C13H16FN3O2. The molecule has 0 aliphatic carbocycles. The molecule has 0 bridgehead atoms. The van der Waals surface area contributed by atoms with Crippen LogP contribution in [-0.4, -0.2) is 29.9 Å². The fourth-order valence-corrected chi connectivity index (χ4v) is 2.20. The molecule has 102 valence electrons. The zero-order valence-corrected chi connectivity index (χ0v) is 10.4. The average molecular weight is 265 g/mol. The summed E-state index contributed by atoms with van der Waals surface area (Å²) in [6.07, 6.45) is 1.44. The number of carbonyl (C=O) groups is 2. The summed E-state index contributed by atoms with van der Waals surface area (Å²) >= 11 is 0. The maximum Gasteiger partial charge on any atom is 0.314 e. The molecule has 1 atom stereocenters. The van der Waals surface area contributed by atoms with Gasteiger partial charge in [-0.05, 0) is 31.0 Å². The monoisotopic (exact) mass is 265 g/mol. The summed E-state index contributed by atoms with van der Waals surface area (Å²) < 4.78 is 13.0. The van der Waals surface area contributed by atoms with Gasteiger partial charge < -0.3 is 16.0 Å². The molecule has 0 spiro atoms. The van der Waals surface area contributed by atoms with Crippen LogP contribution >= 0.6 is 0 Å². The Balaban J connectivity index is 1.98. The third-order valence-electron chi connectivity index (χ3n) is 3.20. The van der Waals surface area contributed by atoms with Crippen LogP contribution in [-0.2, 0) is 4.79 Å². The van der Waals surface area contributed by atoms with E-state index in [2.05, 4.69) is 5.32 Å². The van der Waals surface area contributed by atoms with E-state index in [1.165, 1.54) is 23.1 Å². The summed E-state index contributed by atoms with van der Waals surface area (Å²) in [5.74, 6) is -0.915. The van der Waals surface area contributed by atoms with Gasteiger partial charge in [0.1, 0.15) is 5.82 Å². The minimum atomic E-state index is -0.511. The summed E-state index contributed by atoms with van der Waals surface area (Å²) in [4.78, 5) is 24.6. The Morgan fingerprint density at radius 2 is 2.21 bits per heavy atom. The molecule has 0 aromatic heterocycles. The molecule has 1 aliphatic rings. The first kappa shape index (κ1) is 13.3. The van der Waals surface area contributed by atoms with Gasteiger partial charge in [-0.25, -0.2) is 9.18 Å². The number of benzene rings is 1. The molecule has 2 rings (SSSR count). The van der Waals surface area contributed by atoms with Gasteiger partial charge in [0.2, 0.25) is 5.91 Å². The SMILES string of the molecule is NC(=O)N1CCC[C@@H](C(=O)Nc2cccc(F)c2)C1. The maximum atomic E-state index is 13.0. The first-order valence-electron chi connectivity index (χ1n) is 6.17. The maximum absolute atomic E-state index is 13.0. The van der Waals surface area contributed by atoms with Gasteiger partial charge in [0.05, 0.1) is 5.92 Å². The number of rotatable bonds is 2. The Bertz CT molecular complexity index is 493. The molecule has 6 heteroatoms. The van der Waals surface area contributed by atoms with Crippen LogP contribution in [0.25, 0.3) is 0 Å². The highest BCUT2D eigenvalue weighted by atomic mass is 19.1. The minimum absolute atomic E-state index is 0.212. The fourth-order valence-electron chi connectivity index (χ4n) is 2.20. The van der Waals surface area contributed by atoms with Gasteiger partial charge in [-0.15, -0.1) is 0 Å². The van der Waals surface area contributed by atoms with Crippen LogP contribution in [0, 0.1) is 11.7 Å². The summed E-state index contributed by atoms with van der Waals surface area (Å²) in [6, 6.07) is 5.21. The lowest BCUT2D eigenvalue weighted by molar-refractivity contribution is -0.121. The highest BCUT2D eigenvalue weighted by molar-refractivity contribution is 5.93. The molecule has 3 N–H and O–H groups in total. The van der Waals surface area contributed by atoms with Crippen molar-refractivity contribution in [1.29, 1.82) is 0 Å². The second-order valence-electron chi connectivity index (χ2n) is 4.62. The lowest BCUT2D eigenvalue weighted by Crippen LogP contribution is -2.46. The van der Waals surface area contributed by atoms with Crippen molar-refractivity contribution in [2.75, 3.05) is 18.4 Å². The number of anilines is 1. The van der Waals surface area contributed by atoms with Crippen LogP contribution < -0.4 is 11.1 Å². The molecule has 1 heterocycles. The molecule has 5 nitrogen and oxygen atoms in total. The highest BCUT2D eigenvalue weighted by Crippen LogP contribution is 2.19. The van der Waals surface area contributed by atoms with E-state index in [-0.39, 0.29) is 11.8 Å². The van der Waals surface area contributed by atoms with Gasteiger partial charge in [0, 0.05) is 18.8 Å².